The van der Waals surface area contributed by atoms with Crippen molar-refractivity contribution in [1.82, 2.24) is 14.5 Å². The second kappa shape index (κ2) is 3.62. The maximum atomic E-state index is 5.90. The van der Waals surface area contributed by atoms with Gasteiger partial charge in [0.25, 0.3) is 0 Å². The number of aromatic nitrogens is 3. The highest BCUT2D eigenvalue weighted by Gasteiger charge is 2.10. The Kier molecular flexibility index (Phi) is 2.11. The molecule has 0 unspecified atom stereocenters. The summed E-state index contributed by atoms with van der Waals surface area (Å²) in [5, 5.41) is 0. The van der Waals surface area contributed by atoms with Gasteiger partial charge in [0.15, 0.2) is 5.65 Å². The van der Waals surface area contributed by atoms with Crippen LogP contribution in [0.3, 0.4) is 0 Å². The van der Waals surface area contributed by atoms with Gasteiger partial charge in [0.05, 0.1) is 19.1 Å². The molecule has 0 aliphatic rings. The number of nitrogens with two attached hydrogens (primary N) is 1. The third kappa shape index (κ3) is 1.65. The first kappa shape index (κ1) is 9.89. The highest BCUT2D eigenvalue weighted by Crippen LogP contribution is 2.18. The maximum Gasteiger partial charge on any atom is 0.202 e. The normalized spacial score (nSPS) is 11.1. The highest BCUT2D eigenvalue weighted by molar-refractivity contribution is 5.74. The third-order valence-corrected chi connectivity index (χ3v) is 2.67. The summed E-state index contributed by atoms with van der Waals surface area (Å²) < 4.78 is 6.91. The summed E-state index contributed by atoms with van der Waals surface area (Å²) in [6.45, 7) is 2.60. The molecule has 17 heavy (non-hydrogen) atoms. The second-order valence-electron chi connectivity index (χ2n) is 4.04. The van der Waals surface area contributed by atoms with Crippen molar-refractivity contribution in [3.8, 4) is 0 Å². The van der Waals surface area contributed by atoms with Gasteiger partial charge in [-0.2, -0.15) is 0 Å². The van der Waals surface area contributed by atoms with Crippen molar-refractivity contribution in [3.63, 3.8) is 0 Å². The Bertz CT molecular complexity index is 655. The van der Waals surface area contributed by atoms with Crippen molar-refractivity contribution in [2.24, 2.45) is 0 Å². The summed E-state index contributed by atoms with van der Waals surface area (Å²) in [7, 11) is 0. The minimum atomic E-state index is 0.472. The Morgan fingerprint density at radius 1 is 1.47 bits per heavy atom. The molecule has 0 fully saturated rings. The van der Waals surface area contributed by atoms with Crippen molar-refractivity contribution >= 4 is 17.1 Å². The Morgan fingerprint density at radius 3 is 3.12 bits per heavy atom. The number of fused-ring (bicyclic) bond motifs is 1. The number of rotatable bonds is 2. The SMILES string of the molecule is Cc1cnc2c(c1)nc(N)n2Cc1ccoc1. The van der Waals surface area contributed by atoms with Crippen molar-refractivity contribution in [2.45, 2.75) is 13.5 Å². The van der Waals surface area contributed by atoms with Gasteiger partial charge in [0, 0.05) is 11.8 Å². The number of nitrogen functional groups attached to an aromatic ring is 1. The van der Waals surface area contributed by atoms with Crippen LogP contribution in [0.25, 0.3) is 11.2 Å². The lowest BCUT2D eigenvalue weighted by atomic mass is 10.3. The predicted octanol–water partition coefficient (Wildman–Crippen LogP) is 1.96. The van der Waals surface area contributed by atoms with E-state index in [2.05, 4.69) is 9.97 Å². The fraction of sp³-hybridized carbons (Fsp3) is 0.167. The Hall–Kier alpha value is -2.30. The van der Waals surface area contributed by atoms with E-state index in [1.807, 2.05) is 29.8 Å². The Labute approximate surface area is 97.9 Å². The van der Waals surface area contributed by atoms with Gasteiger partial charge in [-0.05, 0) is 24.6 Å². The van der Waals surface area contributed by atoms with Gasteiger partial charge in [0.1, 0.15) is 5.52 Å². The Balaban J connectivity index is 2.12. The molecule has 3 aromatic heterocycles. The van der Waals surface area contributed by atoms with Crippen LogP contribution < -0.4 is 5.73 Å². The van der Waals surface area contributed by atoms with Crippen molar-refractivity contribution < 1.29 is 4.42 Å². The number of hydrogen-bond acceptors (Lipinski definition) is 4. The van der Waals surface area contributed by atoms with Gasteiger partial charge in [-0.1, -0.05) is 0 Å². The largest absolute Gasteiger partial charge is 0.472 e. The highest BCUT2D eigenvalue weighted by atomic mass is 16.3. The molecule has 0 spiro atoms. The smallest absolute Gasteiger partial charge is 0.202 e. The van der Waals surface area contributed by atoms with E-state index in [1.54, 1.807) is 12.5 Å². The summed E-state index contributed by atoms with van der Waals surface area (Å²) >= 11 is 0. The van der Waals surface area contributed by atoms with Crippen LogP contribution in [0.4, 0.5) is 5.95 Å². The minimum Gasteiger partial charge on any atom is -0.472 e. The lowest BCUT2D eigenvalue weighted by Crippen LogP contribution is -2.04. The fourth-order valence-corrected chi connectivity index (χ4v) is 1.85. The van der Waals surface area contributed by atoms with E-state index in [0.717, 1.165) is 22.3 Å². The second-order valence-corrected chi connectivity index (χ2v) is 4.04. The number of furan rings is 1. The van der Waals surface area contributed by atoms with Crippen LogP contribution in [0.2, 0.25) is 0 Å². The topological polar surface area (TPSA) is 69.9 Å². The molecule has 0 aromatic carbocycles. The number of pyridine rings is 1. The summed E-state index contributed by atoms with van der Waals surface area (Å²) in [6, 6.07) is 3.88. The monoisotopic (exact) mass is 228 g/mol. The van der Waals surface area contributed by atoms with Crippen molar-refractivity contribution in [2.75, 3.05) is 5.73 Å². The van der Waals surface area contributed by atoms with Crippen molar-refractivity contribution in [3.05, 3.63) is 42.0 Å². The molecule has 0 aliphatic carbocycles. The Morgan fingerprint density at radius 2 is 2.35 bits per heavy atom. The van der Waals surface area contributed by atoms with Crippen LogP contribution in [0.5, 0.6) is 0 Å². The van der Waals surface area contributed by atoms with E-state index in [9.17, 15) is 0 Å². The lowest BCUT2D eigenvalue weighted by Gasteiger charge is -2.03. The van der Waals surface area contributed by atoms with Gasteiger partial charge in [-0.3, -0.25) is 4.57 Å². The van der Waals surface area contributed by atoms with Crippen LogP contribution in [-0.4, -0.2) is 14.5 Å². The molecule has 0 radical (unpaired) electrons. The first-order valence-corrected chi connectivity index (χ1v) is 5.33. The molecule has 2 N–H and O–H groups in total. The molecule has 0 atom stereocenters. The summed E-state index contributed by atoms with van der Waals surface area (Å²) in [5.74, 6) is 0.472. The van der Waals surface area contributed by atoms with Gasteiger partial charge in [0.2, 0.25) is 5.95 Å². The molecule has 0 aliphatic heterocycles. The average Bonchev–Trinajstić information content (AvgIpc) is 2.88. The predicted molar refractivity (Wildman–Crippen MR) is 64.5 cm³/mol. The van der Waals surface area contributed by atoms with Crippen LogP contribution in [0.15, 0.2) is 35.3 Å². The zero-order valence-corrected chi connectivity index (χ0v) is 9.42. The minimum absolute atomic E-state index is 0.472. The van der Waals surface area contributed by atoms with Gasteiger partial charge in [-0.25, -0.2) is 9.97 Å². The molecule has 0 amide bonds. The molecule has 5 nitrogen and oxygen atoms in total. The number of anilines is 1. The third-order valence-electron chi connectivity index (χ3n) is 2.67. The van der Waals surface area contributed by atoms with Crippen LogP contribution in [-0.2, 0) is 6.54 Å². The van der Waals surface area contributed by atoms with Crippen LogP contribution in [0.1, 0.15) is 11.1 Å². The molecule has 3 rings (SSSR count). The zero-order valence-electron chi connectivity index (χ0n) is 9.42. The van der Waals surface area contributed by atoms with E-state index in [-0.39, 0.29) is 0 Å². The molecule has 0 saturated carbocycles. The number of hydrogen-bond donors (Lipinski definition) is 1. The van der Waals surface area contributed by atoms with Gasteiger partial charge in [-0.15, -0.1) is 0 Å². The zero-order chi connectivity index (χ0) is 11.8. The quantitative estimate of drug-likeness (QED) is 0.728. The lowest BCUT2D eigenvalue weighted by molar-refractivity contribution is 0.562. The van der Waals surface area contributed by atoms with E-state index in [1.165, 1.54) is 0 Å². The number of imidazole rings is 1. The van der Waals surface area contributed by atoms with Crippen LogP contribution in [0, 0.1) is 6.92 Å². The molecule has 0 saturated heterocycles. The maximum absolute atomic E-state index is 5.90. The van der Waals surface area contributed by atoms with Crippen LogP contribution >= 0.6 is 0 Å². The average molecular weight is 228 g/mol. The fourth-order valence-electron chi connectivity index (χ4n) is 1.85. The molecular formula is C12H12N4O. The molecule has 3 heterocycles. The molecule has 5 heteroatoms. The van der Waals surface area contributed by atoms with E-state index in [0.29, 0.717) is 12.5 Å². The first-order valence-electron chi connectivity index (χ1n) is 5.33. The van der Waals surface area contributed by atoms with E-state index in [4.69, 9.17) is 10.2 Å². The van der Waals surface area contributed by atoms with E-state index >= 15 is 0 Å². The first-order chi connectivity index (χ1) is 8.24. The van der Waals surface area contributed by atoms with Crippen molar-refractivity contribution in [1.29, 1.82) is 0 Å². The van der Waals surface area contributed by atoms with E-state index < -0.39 is 0 Å². The molecule has 3 aromatic rings. The standard InChI is InChI=1S/C12H12N4O/c1-8-4-10-11(14-5-8)16(12(13)15-10)6-9-2-3-17-7-9/h2-5,7H,6H2,1H3,(H2,13,15). The number of nitrogens with zero attached hydrogens (tertiary/aromatic N) is 3. The molecule has 86 valence electrons. The summed E-state index contributed by atoms with van der Waals surface area (Å²) in [6.07, 6.45) is 5.15. The molecule has 0 bridgehead atoms. The van der Waals surface area contributed by atoms with Gasteiger partial charge < -0.3 is 10.2 Å². The summed E-state index contributed by atoms with van der Waals surface area (Å²) in [4.78, 5) is 8.67. The summed E-state index contributed by atoms with van der Waals surface area (Å²) in [5.41, 5.74) is 9.64. The molecular weight excluding hydrogens is 216 g/mol. The van der Waals surface area contributed by atoms with Gasteiger partial charge >= 0.3 is 0 Å². The number of aryl methyl sites for hydroxylation is 1.